The van der Waals surface area contributed by atoms with Crippen LogP contribution in [0, 0.1) is 6.92 Å². The minimum absolute atomic E-state index is 0.0558. The van der Waals surface area contributed by atoms with E-state index in [0.29, 0.717) is 18.2 Å². The number of aryl methyl sites for hydroxylation is 1. The maximum Gasteiger partial charge on any atom is 0.253 e. The fraction of sp³-hybridized carbons (Fsp3) is 0.583. The monoisotopic (exact) mass is 444 g/mol. The van der Waals surface area contributed by atoms with E-state index in [4.69, 9.17) is 17.0 Å². The standard InChI is InChI=1S/C24H36N4O2S/c1-4-27(5-2)12-7-11-25-24(31)28(17-21-8-6-13-30-21)16-20-15-19-10-9-18(3)14-22(19)26-23(20)29/h9-10,14-15,21H,4-8,11-13,16-17H2,1-3H3,(H,25,31)(H,26,29). The number of H-pyrrole nitrogens is 1. The van der Waals surface area contributed by atoms with Gasteiger partial charge in [-0.25, -0.2) is 0 Å². The Morgan fingerprint density at radius 1 is 1.29 bits per heavy atom. The topological polar surface area (TPSA) is 60.6 Å². The zero-order valence-corrected chi connectivity index (χ0v) is 19.9. The van der Waals surface area contributed by atoms with Gasteiger partial charge in [0.05, 0.1) is 12.6 Å². The van der Waals surface area contributed by atoms with Crippen molar-refractivity contribution in [3.63, 3.8) is 0 Å². The zero-order valence-electron chi connectivity index (χ0n) is 19.1. The molecule has 7 heteroatoms. The maximum atomic E-state index is 12.8. The minimum Gasteiger partial charge on any atom is -0.376 e. The second-order valence-electron chi connectivity index (χ2n) is 8.34. The van der Waals surface area contributed by atoms with Crippen molar-refractivity contribution in [3.05, 3.63) is 45.7 Å². The summed E-state index contributed by atoms with van der Waals surface area (Å²) in [5, 5.41) is 5.14. The lowest BCUT2D eigenvalue weighted by molar-refractivity contribution is 0.0896. The molecule has 2 heterocycles. The summed E-state index contributed by atoms with van der Waals surface area (Å²) in [5.74, 6) is 0. The average Bonchev–Trinajstić information content (AvgIpc) is 3.27. The van der Waals surface area contributed by atoms with Gasteiger partial charge in [-0.15, -0.1) is 0 Å². The molecule has 1 saturated heterocycles. The Labute approximate surface area is 191 Å². The number of nitrogens with zero attached hydrogens (tertiary/aromatic N) is 2. The number of ether oxygens (including phenoxy) is 1. The van der Waals surface area contributed by atoms with Crippen LogP contribution in [-0.2, 0) is 11.3 Å². The van der Waals surface area contributed by atoms with Gasteiger partial charge in [0.25, 0.3) is 5.56 Å². The van der Waals surface area contributed by atoms with E-state index in [2.05, 4.69) is 46.1 Å². The van der Waals surface area contributed by atoms with Crippen molar-refractivity contribution in [2.24, 2.45) is 0 Å². The van der Waals surface area contributed by atoms with Gasteiger partial charge in [-0.2, -0.15) is 0 Å². The van der Waals surface area contributed by atoms with E-state index in [1.54, 1.807) is 0 Å². The molecule has 2 N–H and O–H groups in total. The number of nitrogens with one attached hydrogen (secondary N) is 2. The summed E-state index contributed by atoms with van der Waals surface area (Å²) in [6.07, 6.45) is 3.32. The highest BCUT2D eigenvalue weighted by molar-refractivity contribution is 7.80. The molecule has 0 radical (unpaired) electrons. The molecule has 0 saturated carbocycles. The number of fused-ring (bicyclic) bond motifs is 1. The van der Waals surface area contributed by atoms with Gasteiger partial charge in [-0.1, -0.05) is 26.0 Å². The predicted octanol–water partition coefficient (Wildman–Crippen LogP) is 3.42. The van der Waals surface area contributed by atoms with Gasteiger partial charge in [-0.05, 0) is 81.1 Å². The summed E-state index contributed by atoms with van der Waals surface area (Å²) in [4.78, 5) is 20.3. The maximum absolute atomic E-state index is 12.8. The van der Waals surface area contributed by atoms with E-state index < -0.39 is 0 Å². The van der Waals surface area contributed by atoms with Gasteiger partial charge < -0.3 is 24.8 Å². The molecular formula is C24H36N4O2S. The van der Waals surface area contributed by atoms with E-state index in [9.17, 15) is 4.79 Å². The summed E-state index contributed by atoms with van der Waals surface area (Å²) in [5.41, 5.74) is 2.67. The molecule has 0 bridgehead atoms. The largest absolute Gasteiger partial charge is 0.376 e. The SMILES string of the molecule is CCN(CC)CCCNC(=S)N(Cc1cc2ccc(C)cc2[nH]c1=O)CC1CCCO1. The van der Waals surface area contributed by atoms with E-state index in [0.717, 1.165) is 74.1 Å². The Hall–Kier alpha value is -1.96. The Kier molecular flexibility index (Phi) is 8.87. The fourth-order valence-electron chi connectivity index (χ4n) is 4.09. The molecule has 1 aliphatic rings. The first kappa shape index (κ1) is 23.7. The molecule has 1 aromatic carbocycles. The molecule has 1 fully saturated rings. The molecule has 170 valence electrons. The van der Waals surface area contributed by atoms with E-state index >= 15 is 0 Å². The van der Waals surface area contributed by atoms with Crippen molar-refractivity contribution in [1.82, 2.24) is 20.1 Å². The molecule has 1 unspecified atom stereocenters. The van der Waals surface area contributed by atoms with E-state index in [1.807, 2.05) is 19.1 Å². The van der Waals surface area contributed by atoms with Gasteiger partial charge in [-0.3, -0.25) is 4.79 Å². The van der Waals surface area contributed by atoms with Crippen molar-refractivity contribution in [1.29, 1.82) is 0 Å². The van der Waals surface area contributed by atoms with Crippen molar-refractivity contribution >= 4 is 28.2 Å². The van der Waals surface area contributed by atoms with E-state index in [-0.39, 0.29) is 11.7 Å². The minimum atomic E-state index is -0.0558. The van der Waals surface area contributed by atoms with Crippen molar-refractivity contribution in [3.8, 4) is 0 Å². The van der Waals surface area contributed by atoms with Crippen LogP contribution in [0.1, 0.15) is 44.2 Å². The number of hydrogen-bond acceptors (Lipinski definition) is 4. The first-order chi connectivity index (χ1) is 15.0. The highest BCUT2D eigenvalue weighted by Gasteiger charge is 2.22. The number of rotatable bonds is 10. The molecule has 1 atom stereocenters. The quantitative estimate of drug-likeness (QED) is 0.433. The van der Waals surface area contributed by atoms with Gasteiger partial charge in [0.15, 0.2) is 5.11 Å². The summed E-state index contributed by atoms with van der Waals surface area (Å²) < 4.78 is 5.85. The van der Waals surface area contributed by atoms with Gasteiger partial charge in [0.2, 0.25) is 0 Å². The molecule has 0 spiro atoms. The van der Waals surface area contributed by atoms with Crippen molar-refractivity contribution in [2.45, 2.75) is 52.7 Å². The van der Waals surface area contributed by atoms with Crippen LogP contribution >= 0.6 is 12.2 Å². The lowest BCUT2D eigenvalue weighted by Gasteiger charge is -2.28. The summed E-state index contributed by atoms with van der Waals surface area (Å²) in [6, 6.07) is 8.11. The van der Waals surface area contributed by atoms with Crippen LogP contribution < -0.4 is 10.9 Å². The van der Waals surface area contributed by atoms with Crippen LogP contribution in [0.5, 0.6) is 0 Å². The lowest BCUT2D eigenvalue weighted by Crippen LogP contribution is -2.44. The normalized spacial score (nSPS) is 16.2. The second-order valence-corrected chi connectivity index (χ2v) is 8.73. The Bertz CT molecular complexity index is 919. The molecule has 31 heavy (non-hydrogen) atoms. The van der Waals surface area contributed by atoms with Gasteiger partial charge in [0.1, 0.15) is 0 Å². The Morgan fingerprint density at radius 2 is 2.10 bits per heavy atom. The summed E-state index contributed by atoms with van der Waals surface area (Å²) in [7, 11) is 0. The average molecular weight is 445 g/mol. The Balaban J connectivity index is 1.69. The fourth-order valence-corrected chi connectivity index (χ4v) is 4.33. The third-order valence-corrected chi connectivity index (χ3v) is 6.40. The molecule has 0 amide bonds. The van der Waals surface area contributed by atoms with Crippen LogP contribution in [0.15, 0.2) is 29.1 Å². The summed E-state index contributed by atoms with van der Waals surface area (Å²) >= 11 is 5.73. The van der Waals surface area contributed by atoms with Gasteiger partial charge >= 0.3 is 0 Å². The third-order valence-electron chi connectivity index (χ3n) is 6.00. The number of aromatic amines is 1. The van der Waals surface area contributed by atoms with Crippen molar-refractivity contribution < 1.29 is 4.74 Å². The summed E-state index contributed by atoms with van der Waals surface area (Å²) in [6.45, 7) is 12.4. The van der Waals surface area contributed by atoms with Crippen LogP contribution in [0.3, 0.4) is 0 Å². The van der Waals surface area contributed by atoms with Crippen LogP contribution in [-0.4, -0.2) is 65.3 Å². The second kappa shape index (κ2) is 11.6. The number of benzene rings is 1. The smallest absolute Gasteiger partial charge is 0.253 e. The zero-order chi connectivity index (χ0) is 22.2. The third kappa shape index (κ3) is 6.76. The van der Waals surface area contributed by atoms with Crippen LogP contribution in [0.25, 0.3) is 10.9 Å². The molecular weight excluding hydrogens is 408 g/mol. The molecule has 0 aliphatic carbocycles. The lowest BCUT2D eigenvalue weighted by atomic mass is 10.1. The number of aromatic nitrogens is 1. The van der Waals surface area contributed by atoms with Crippen LogP contribution in [0.2, 0.25) is 0 Å². The van der Waals surface area contributed by atoms with Crippen LogP contribution in [0.4, 0.5) is 0 Å². The molecule has 2 aromatic rings. The number of hydrogen-bond donors (Lipinski definition) is 2. The van der Waals surface area contributed by atoms with E-state index in [1.165, 1.54) is 0 Å². The predicted molar refractivity (Wildman–Crippen MR) is 132 cm³/mol. The molecule has 1 aliphatic heterocycles. The first-order valence-corrected chi connectivity index (χ1v) is 11.9. The first-order valence-electron chi connectivity index (χ1n) is 11.5. The van der Waals surface area contributed by atoms with Crippen molar-refractivity contribution in [2.75, 3.05) is 39.3 Å². The highest BCUT2D eigenvalue weighted by atomic mass is 32.1. The molecule has 3 rings (SSSR count). The number of pyridine rings is 1. The molecule has 6 nitrogen and oxygen atoms in total. The van der Waals surface area contributed by atoms with Gasteiger partial charge in [0, 0.05) is 30.8 Å². The number of thiocarbonyl (C=S) groups is 1. The Morgan fingerprint density at radius 3 is 2.81 bits per heavy atom. The highest BCUT2D eigenvalue weighted by Crippen LogP contribution is 2.17. The molecule has 1 aromatic heterocycles.